The number of anilines is 1. The number of likely N-dealkylation sites (N-methyl/N-ethyl adjacent to an activating group) is 1. The molecule has 4 nitrogen and oxygen atoms in total. The van der Waals surface area contributed by atoms with Gasteiger partial charge in [-0.05, 0) is 38.6 Å². The highest BCUT2D eigenvalue weighted by atomic mass is 16.3. The van der Waals surface area contributed by atoms with Crippen LogP contribution < -0.4 is 11.1 Å². The Labute approximate surface area is 102 Å². The number of hydrogen-bond donors (Lipinski definition) is 3. The summed E-state index contributed by atoms with van der Waals surface area (Å²) in [6.07, 6.45) is 2.23. The Kier molecular flexibility index (Phi) is 3.54. The molecule has 1 saturated heterocycles. The minimum Gasteiger partial charge on any atom is -0.508 e. The monoisotopic (exact) mass is 235 g/mol. The number of rotatable bonds is 3. The maximum Gasteiger partial charge on any atom is 0.117 e. The molecule has 17 heavy (non-hydrogen) atoms. The van der Waals surface area contributed by atoms with E-state index in [1.54, 1.807) is 12.1 Å². The molecule has 0 aromatic heterocycles. The zero-order valence-electron chi connectivity index (χ0n) is 10.3. The van der Waals surface area contributed by atoms with Gasteiger partial charge in [0.2, 0.25) is 0 Å². The van der Waals surface area contributed by atoms with Crippen LogP contribution in [0.5, 0.6) is 5.75 Å². The van der Waals surface area contributed by atoms with E-state index < -0.39 is 0 Å². The number of phenols is 1. The SMILES string of the molecule is CN1CCCC(CN)(Nc2cccc(O)c2)C1. The van der Waals surface area contributed by atoms with Crippen molar-refractivity contribution in [3.63, 3.8) is 0 Å². The second-order valence-corrected chi connectivity index (χ2v) is 5.00. The van der Waals surface area contributed by atoms with Crippen molar-refractivity contribution in [1.82, 2.24) is 4.90 Å². The number of nitrogens with two attached hydrogens (primary N) is 1. The van der Waals surface area contributed by atoms with E-state index >= 15 is 0 Å². The lowest BCUT2D eigenvalue weighted by atomic mass is 9.89. The Morgan fingerprint density at radius 3 is 3.00 bits per heavy atom. The third kappa shape index (κ3) is 2.90. The van der Waals surface area contributed by atoms with Crippen LogP contribution in [-0.4, -0.2) is 42.2 Å². The molecule has 1 heterocycles. The average Bonchev–Trinajstić information content (AvgIpc) is 2.29. The van der Waals surface area contributed by atoms with Crippen molar-refractivity contribution >= 4 is 5.69 Å². The van der Waals surface area contributed by atoms with Crippen molar-refractivity contribution < 1.29 is 5.11 Å². The van der Waals surface area contributed by atoms with E-state index in [-0.39, 0.29) is 11.3 Å². The van der Waals surface area contributed by atoms with Gasteiger partial charge in [-0.25, -0.2) is 0 Å². The van der Waals surface area contributed by atoms with Crippen molar-refractivity contribution in [2.24, 2.45) is 5.73 Å². The molecule has 4 N–H and O–H groups in total. The first-order valence-electron chi connectivity index (χ1n) is 6.09. The predicted molar refractivity (Wildman–Crippen MR) is 70.2 cm³/mol. The highest BCUT2D eigenvalue weighted by molar-refractivity contribution is 5.50. The van der Waals surface area contributed by atoms with Crippen LogP contribution in [0, 0.1) is 0 Å². The smallest absolute Gasteiger partial charge is 0.117 e. The van der Waals surface area contributed by atoms with Gasteiger partial charge in [0.05, 0.1) is 5.54 Å². The lowest BCUT2D eigenvalue weighted by molar-refractivity contribution is 0.198. The van der Waals surface area contributed by atoms with Gasteiger partial charge >= 0.3 is 0 Å². The molecule has 4 heteroatoms. The summed E-state index contributed by atoms with van der Waals surface area (Å²) in [6.45, 7) is 2.68. The lowest BCUT2D eigenvalue weighted by Crippen LogP contribution is -2.56. The van der Waals surface area contributed by atoms with Crippen molar-refractivity contribution in [3.05, 3.63) is 24.3 Å². The van der Waals surface area contributed by atoms with Crippen LogP contribution in [0.3, 0.4) is 0 Å². The molecule has 0 radical (unpaired) electrons. The fraction of sp³-hybridized carbons (Fsp3) is 0.538. The Hall–Kier alpha value is -1.26. The van der Waals surface area contributed by atoms with E-state index in [1.165, 1.54) is 0 Å². The Morgan fingerprint density at radius 1 is 1.53 bits per heavy atom. The maximum absolute atomic E-state index is 9.47. The molecule has 1 aromatic rings. The summed E-state index contributed by atoms with van der Waals surface area (Å²) in [7, 11) is 2.12. The zero-order chi connectivity index (χ0) is 12.3. The van der Waals surface area contributed by atoms with Crippen LogP contribution in [0.15, 0.2) is 24.3 Å². The van der Waals surface area contributed by atoms with Gasteiger partial charge in [0.25, 0.3) is 0 Å². The van der Waals surface area contributed by atoms with Crippen LogP contribution in [0.4, 0.5) is 5.69 Å². The largest absolute Gasteiger partial charge is 0.508 e. The highest BCUT2D eigenvalue weighted by Gasteiger charge is 2.32. The molecular weight excluding hydrogens is 214 g/mol. The summed E-state index contributed by atoms with van der Waals surface area (Å²) in [6, 6.07) is 7.22. The van der Waals surface area contributed by atoms with Gasteiger partial charge < -0.3 is 21.1 Å². The molecule has 1 aliphatic rings. The zero-order valence-corrected chi connectivity index (χ0v) is 10.3. The molecular formula is C13H21N3O. The van der Waals surface area contributed by atoms with E-state index in [2.05, 4.69) is 17.3 Å². The topological polar surface area (TPSA) is 61.5 Å². The summed E-state index contributed by atoms with van der Waals surface area (Å²) in [5.74, 6) is 0.284. The van der Waals surface area contributed by atoms with Crippen LogP contribution in [0.1, 0.15) is 12.8 Å². The predicted octanol–water partition coefficient (Wildman–Crippen LogP) is 1.23. The van der Waals surface area contributed by atoms with Gasteiger partial charge in [-0.2, -0.15) is 0 Å². The first kappa shape index (κ1) is 12.2. The third-order valence-corrected chi connectivity index (χ3v) is 3.41. The third-order valence-electron chi connectivity index (χ3n) is 3.41. The number of likely N-dealkylation sites (tertiary alicyclic amines) is 1. The van der Waals surface area contributed by atoms with Gasteiger partial charge in [0.15, 0.2) is 0 Å². The van der Waals surface area contributed by atoms with Crippen molar-refractivity contribution in [3.8, 4) is 5.75 Å². The van der Waals surface area contributed by atoms with E-state index in [9.17, 15) is 5.11 Å². The van der Waals surface area contributed by atoms with Gasteiger partial charge in [-0.15, -0.1) is 0 Å². The number of piperidine rings is 1. The van der Waals surface area contributed by atoms with Gasteiger partial charge in [0, 0.05) is 24.8 Å². The van der Waals surface area contributed by atoms with E-state index in [4.69, 9.17) is 5.73 Å². The van der Waals surface area contributed by atoms with Crippen molar-refractivity contribution in [2.45, 2.75) is 18.4 Å². The summed E-state index contributed by atoms with van der Waals surface area (Å²) < 4.78 is 0. The fourth-order valence-corrected chi connectivity index (χ4v) is 2.57. The standard InChI is InChI=1S/C13H21N3O/c1-16-7-3-6-13(9-14,10-16)15-11-4-2-5-12(17)8-11/h2,4-5,8,15,17H,3,6-7,9-10,14H2,1H3. The molecule has 2 rings (SSSR count). The summed E-state index contributed by atoms with van der Waals surface area (Å²) in [5.41, 5.74) is 6.80. The fourth-order valence-electron chi connectivity index (χ4n) is 2.57. The van der Waals surface area contributed by atoms with Crippen LogP contribution in [0.25, 0.3) is 0 Å². The molecule has 0 amide bonds. The van der Waals surface area contributed by atoms with Gasteiger partial charge in [0.1, 0.15) is 5.75 Å². The normalized spacial score (nSPS) is 25.8. The van der Waals surface area contributed by atoms with Crippen LogP contribution in [-0.2, 0) is 0 Å². The molecule has 0 spiro atoms. The number of phenolic OH excluding ortho intramolecular Hbond substituents is 1. The second kappa shape index (κ2) is 4.94. The minimum atomic E-state index is -0.0687. The number of benzene rings is 1. The molecule has 0 saturated carbocycles. The Morgan fingerprint density at radius 2 is 2.35 bits per heavy atom. The first-order chi connectivity index (χ1) is 8.13. The Bertz CT molecular complexity index is 383. The molecule has 1 fully saturated rings. The van der Waals surface area contributed by atoms with E-state index in [0.717, 1.165) is 31.6 Å². The van der Waals surface area contributed by atoms with Gasteiger partial charge in [-0.1, -0.05) is 6.07 Å². The van der Waals surface area contributed by atoms with Crippen LogP contribution in [0.2, 0.25) is 0 Å². The highest BCUT2D eigenvalue weighted by Crippen LogP contribution is 2.26. The summed E-state index contributed by atoms with van der Waals surface area (Å²) in [5, 5.41) is 13.0. The quantitative estimate of drug-likeness (QED) is 0.737. The molecule has 1 aliphatic heterocycles. The molecule has 1 unspecified atom stereocenters. The number of nitrogens with zero attached hydrogens (tertiary/aromatic N) is 1. The second-order valence-electron chi connectivity index (χ2n) is 5.00. The maximum atomic E-state index is 9.47. The average molecular weight is 235 g/mol. The Balaban J connectivity index is 2.13. The summed E-state index contributed by atoms with van der Waals surface area (Å²) >= 11 is 0. The molecule has 1 atom stereocenters. The van der Waals surface area contributed by atoms with Crippen molar-refractivity contribution in [2.75, 3.05) is 32.0 Å². The molecule has 94 valence electrons. The number of nitrogens with one attached hydrogen (secondary N) is 1. The van der Waals surface area contributed by atoms with Crippen molar-refractivity contribution in [1.29, 1.82) is 0 Å². The van der Waals surface area contributed by atoms with E-state index in [0.29, 0.717) is 6.54 Å². The molecule has 0 aliphatic carbocycles. The van der Waals surface area contributed by atoms with Gasteiger partial charge in [-0.3, -0.25) is 0 Å². The molecule has 0 bridgehead atoms. The summed E-state index contributed by atoms with van der Waals surface area (Å²) in [4.78, 5) is 2.30. The number of aromatic hydroxyl groups is 1. The molecule has 1 aromatic carbocycles. The number of hydrogen-bond acceptors (Lipinski definition) is 4. The minimum absolute atomic E-state index is 0.0687. The lowest BCUT2D eigenvalue weighted by Gasteiger charge is -2.42. The first-order valence-corrected chi connectivity index (χ1v) is 6.09. The van der Waals surface area contributed by atoms with Crippen LogP contribution >= 0.6 is 0 Å². The van der Waals surface area contributed by atoms with E-state index in [1.807, 2.05) is 12.1 Å².